The van der Waals surface area contributed by atoms with Crippen LogP contribution in [0.4, 0.5) is 11.4 Å². The van der Waals surface area contributed by atoms with Crippen molar-refractivity contribution in [3.63, 3.8) is 0 Å². The molecule has 24 heavy (non-hydrogen) atoms. The molecule has 2 aromatic carbocycles. The monoisotopic (exact) mass is 360 g/mol. The Bertz CT molecular complexity index is 866. The van der Waals surface area contributed by atoms with Crippen molar-refractivity contribution in [1.29, 1.82) is 0 Å². The summed E-state index contributed by atoms with van der Waals surface area (Å²) in [4.78, 5) is 11.1. The minimum Gasteiger partial charge on any atom is -0.377 e. The van der Waals surface area contributed by atoms with Crippen LogP contribution in [-0.4, -0.2) is 4.92 Å². The normalized spacial score (nSPS) is 24.2. The molecule has 0 radical (unpaired) electrons. The molecular formula is C18H14Cl2N2O2. The maximum Gasteiger partial charge on any atom is 0.274 e. The van der Waals surface area contributed by atoms with Crippen LogP contribution in [0.15, 0.2) is 48.6 Å². The summed E-state index contributed by atoms with van der Waals surface area (Å²) in [7, 11) is 0. The topological polar surface area (TPSA) is 55.2 Å². The van der Waals surface area contributed by atoms with Crippen LogP contribution in [0, 0.1) is 16.0 Å². The van der Waals surface area contributed by atoms with Crippen molar-refractivity contribution in [2.75, 3.05) is 5.32 Å². The minimum absolute atomic E-state index is 0.135. The lowest BCUT2D eigenvalue weighted by Gasteiger charge is -2.37. The minimum atomic E-state index is -0.325. The zero-order chi connectivity index (χ0) is 16.8. The number of para-hydroxylation sites is 1. The summed E-state index contributed by atoms with van der Waals surface area (Å²) in [6, 6.07) is 10.3. The molecule has 1 heterocycles. The van der Waals surface area contributed by atoms with E-state index in [9.17, 15) is 10.1 Å². The van der Waals surface area contributed by atoms with E-state index in [-0.39, 0.29) is 28.5 Å². The fourth-order valence-electron chi connectivity index (χ4n) is 3.87. The molecule has 0 bridgehead atoms. The Morgan fingerprint density at radius 1 is 1.21 bits per heavy atom. The van der Waals surface area contributed by atoms with Crippen LogP contribution in [0.2, 0.25) is 10.0 Å². The van der Waals surface area contributed by atoms with Gasteiger partial charge < -0.3 is 5.32 Å². The molecule has 4 nitrogen and oxygen atoms in total. The Labute approximate surface area is 149 Å². The maximum atomic E-state index is 11.4. The van der Waals surface area contributed by atoms with Gasteiger partial charge in [0.1, 0.15) is 0 Å². The molecule has 2 aromatic rings. The van der Waals surface area contributed by atoms with Crippen molar-refractivity contribution in [3.05, 3.63) is 79.8 Å². The summed E-state index contributed by atoms with van der Waals surface area (Å²) in [5.74, 6) is 0.327. The van der Waals surface area contributed by atoms with Crippen LogP contribution in [0.3, 0.4) is 0 Å². The second kappa shape index (κ2) is 5.80. The number of rotatable bonds is 2. The summed E-state index contributed by atoms with van der Waals surface area (Å²) in [6.45, 7) is 0. The molecule has 1 N–H and O–H groups in total. The third kappa shape index (κ3) is 2.38. The second-order valence-electron chi connectivity index (χ2n) is 6.14. The van der Waals surface area contributed by atoms with Gasteiger partial charge in [-0.1, -0.05) is 53.6 Å². The molecule has 1 aliphatic heterocycles. The number of anilines is 1. The van der Waals surface area contributed by atoms with Gasteiger partial charge in [-0.2, -0.15) is 0 Å². The van der Waals surface area contributed by atoms with Gasteiger partial charge in [-0.3, -0.25) is 10.1 Å². The van der Waals surface area contributed by atoms with E-state index in [0.29, 0.717) is 15.6 Å². The van der Waals surface area contributed by atoms with Gasteiger partial charge in [-0.15, -0.1) is 0 Å². The van der Waals surface area contributed by atoms with Crippen molar-refractivity contribution in [2.45, 2.75) is 18.4 Å². The number of fused-ring (bicyclic) bond motifs is 3. The average Bonchev–Trinajstić information content (AvgIpc) is 3.02. The lowest BCUT2D eigenvalue weighted by atomic mass is 9.76. The van der Waals surface area contributed by atoms with Gasteiger partial charge in [0.05, 0.1) is 16.5 Å². The first-order chi connectivity index (χ1) is 11.6. The predicted molar refractivity (Wildman–Crippen MR) is 95.9 cm³/mol. The quantitative estimate of drug-likeness (QED) is 0.422. The van der Waals surface area contributed by atoms with E-state index >= 15 is 0 Å². The smallest absolute Gasteiger partial charge is 0.274 e. The summed E-state index contributed by atoms with van der Waals surface area (Å²) >= 11 is 12.6. The van der Waals surface area contributed by atoms with E-state index in [0.717, 1.165) is 17.7 Å². The molecule has 2 aliphatic rings. The summed E-state index contributed by atoms with van der Waals surface area (Å²) in [5.41, 5.74) is 2.71. The number of hydrogen-bond donors (Lipinski definition) is 1. The van der Waals surface area contributed by atoms with Crippen LogP contribution in [0.5, 0.6) is 0 Å². The van der Waals surface area contributed by atoms with Gasteiger partial charge >= 0.3 is 0 Å². The zero-order valence-corrected chi connectivity index (χ0v) is 14.1. The van der Waals surface area contributed by atoms with E-state index in [1.807, 2.05) is 18.2 Å². The molecule has 0 unspecified atom stereocenters. The van der Waals surface area contributed by atoms with Crippen molar-refractivity contribution in [3.8, 4) is 0 Å². The fourth-order valence-corrected chi connectivity index (χ4v) is 4.49. The van der Waals surface area contributed by atoms with Crippen LogP contribution in [-0.2, 0) is 0 Å². The number of nitrogens with zero attached hydrogens (tertiary/aromatic N) is 1. The SMILES string of the molecule is O=[N+]([O-])c1ccccc1[C@@H]1Nc2cc(Cl)cc(Cl)c2[C@@H]2C=CC[C@@H]21. The summed E-state index contributed by atoms with van der Waals surface area (Å²) in [6.07, 6.45) is 5.12. The summed E-state index contributed by atoms with van der Waals surface area (Å²) in [5, 5.41) is 16.1. The first-order valence-corrected chi connectivity index (χ1v) is 8.47. The van der Waals surface area contributed by atoms with Crippen molar-refractivity contribution in [2.24, 2.45) is 5.92 Å². The molecule has 3 atom stereocenters. The number of nitrogens with one attached hydrogen (secondary N) is 1. The van der Waals surface area contributed by atoms with E-state index in [1.54, 1.807) is 18.2 Å². The van der Waals surface area contributed by atoms with Crippen LogP contribution in [0.25, 0.3) is 0 Å². The zero-order valence-electron chi connectivity index (χ0n) is 12.6. The first-order valence-electron chi connectivity index (χ1n) is 7.71. The molecule has 6 heteroatoms. The Balaban J connectivity index is 1.86. The van der Waals surface area contributed by atoms with Gasteiger partial charge in [0.15, 0.2) is 0 Å². The fraction of sp³-hybridized carbons (Fsp3) is 0.222. The molecule has 122 valence electrons. The third-order valence-electron chi connectivity index (χ3n) is 4.85. The van der Waals surface area contributed by atoms with Gasteiger partial charge in [-0.25, -0.2) is 0 Å². The molecule has 1 aliphatic carbocycles. The molecule has 4 rings (SSSR count). The largest absolute Gasteiger partial charge is 0.377 e. The van der Waals surface area contributed by atoms with Crippen LogP contribution >= 0.6 is 23.2 Å². The number of hydrogen-bond acceptors (Lipinski definition) is 3. The van der Waals surface area contributed by atoms with Gasteiger partial charge in [-0.05, 0) is 24.5 Å². The van der Waals surface area contributed by atoms with Crippen LogP contribution in [0.1, 0.15) is 29.5 Å². The molecule has 0 amide bonds. The number of nitro benzene ring substituents is 1. The lowest BCUT2D eigenvalue weighted by molar-refractivity contribution is -0.385. The second-order valence-corrected chi connectivity index (χ2v) is 6.98. The lowest BCUT2D eigenvalue weighted by Crippen LogP contribution is -2.29. The third-order valence-corrected chi connectivity index (χ3v) is 5.38. The highest BCUT2D eigenvalue weighted by Gasteiger charge is 2.41. The van der Waals surface area contributed by atoms with Gasteiger partial charge in [0, 0.05) is 33.3 Å². The van der Waals surface area contributed by atoms with Gasteiger partial charge in [0.25, 0.3) is 5.69 Å². The summed E-state index contributed by atoms with van der Waals surface area (Å²) < 4.78 is 0. The predicted octanol–water partition coefficient (Wildman–Crippen LogP) is 5.73. The van der Waals surface area contributed by atoms with Crippen molar-refractivity contribution in [1.82, 2.24) is 0 Å². The number of nitro groups is 1. The highest BCUT2D eigenvalue weighted by molar-refractivity contribution is 6.35. The van der Waals surface area contributed by atoms with Crippen molar-refractivity contribution >= 4 is 34.6 Å². The standard InChI is InChI=1S/C18H14Cl2N2O2/c19-10-8-14(20)17-11-5-3-6-12(11)18(21-15(17)9-10)13-4-1-2-7-16(13)22(23)24/h1-5,7-9,11-12,18,21H,6H2/t11-,12+,18-/m1/s1. The highest BCUT2D eigenvalue weighted by Crippen LogP contribution is 2.53. The van der Waals surface area contributed by atoms with E-state index in [1.165, 1.54) is 0 Å². The molecule has 0 spiro atoms. The molecule has 0 aromatic heterocycles. The number of allylic oxidation sites excluding steroid dienone is 2. The van der Waals surface area contributed by atoms with E-state index in [4.69, 9.17) is 23.2 Å². The van der Waals surface area contributed by atoms with Crippen LogP contribution < -0.4 is 5.32 Å². The Hall–Kier alpha value is -2.04. The number of halogens is 2. The van der Waals surface area contributed by atoms with Crippen molar-refractivity contribution < 1.29 is 4.92 Å². The number of benzene rings is 2. The highest BCUT2D eigenvalue weighted by atomic mass is 35.5. The Morgan fingerprint density at radius 2 is 2.00 bits per heavy atom. The average molecular weight is 361 g/mol. The van der Waals surface area contributed by atoms with Gasteiger partial charge in [0.2, 0.25) is 0 Å². The first kappa shape index (κ1) is 15.5. The molecule has 0 saturated carbocycles. The molecule has 0 saturated heterocycles. The maximum absolute atomic E-state index is 11.4. The molecular weight excluding hydrogens is 347 g/mol. The van der Waals surface area contributed by atoms with E-state index < -0.39 is 0 Å². The van der Waals surface area contributed by atoms with E-state index in [2.05, 4.69) is 17.5 Å². The Morgan fingerprint density at radius 3 is 2.79 bits per heavy atom. The Kier molecular flexibility index (Phi) is 3.74. The molecule has 0 fully saturated rings.